The van der Waals surface area contributed by atoms with Crippen LogP contribution in [0, 0.1) is 5.92 Å². The molecule has 5 heteroatoms. The van der Waals surface area contributed by atoms with Crippen molar-refractivity contribution in [3.8, 4) is 0 Å². The Hall–Kier alpha value is -0.680. The van der Waals surface area contributed by atoms with E-state index < -0.39 is 0 Å². The third-order valence-corrected chi connectivity index (χ3v) is 5.96. The van der Waals surface area contributed by atoms with Gasteiger partial charge in [0.1, 0.15) is 0 Å². The summed E-state index contributed by atoms with van der Waals surface area (Å²) < 4.78 is 1.18. The monoisotopic (exact) mass is 397 g/mol. The van der Waals surface area contributed by atoms with Crippen molar-refractivity contribution >= 4 is 44.7 Å². The van der Waals surface area contributed by atoms with Crippen LogP contribution in [-0.2, 0) is 6.54 Å². The van der Waals surface area contributed by atoms with Gasteiger partial charge in [-0.1, -0.05) is 11.6 Å². The maximum Gasteiger partial charge on any atom is 0.166 e. The van der Waals surface area contributed by atoms with Crippen LogP contribution in [0.4, 0.5) is 0 Å². The van der Waals surface area contributed by atoms with Crippen molar-refractivity contribution in [2.24, 2.45) is 5.92 Å². The Labute approximate surface area is 148 Å². The molecule has 0 saturated carbocycles. The molecule has 22 heavy (non-hydrogen) atoms. The van der Waals surface area contributed by atoms with Gasteiger partial charge in [0.2, 0.25) is 0 Å². The highest BCUT2D eigenvalue weighted by Crippen LogP contribution is 2.27. The van der Waals surface area contributed by atoms with E-state index in [0.717, 1.165) is 38.0 Å². The van der Waals surface area contributed by atoms with E-state index in [9.17, 15) is 4.79 Å². The van der Waals surface area contributed by atoms with Crippen molar-refractivity contribution in [1.29, 1.82) is 0 Å². The second-order valence-electron chi connectivity index (χ2n) is 5.63. The molecule has 0 atom stereocenters. The molecular formula is C17H17BrClNOS. The Morgan fingerprint density at radius 1 is 1.18 bits per heavy atom. The first kappa shape index (κ1) is 16.2. The molecule has 1 aliphatic heterocycles. The molecule has 0 bridgehead atoms. The molecule has 0 N–H and O–H groups in total. The van der Waals surface area contributed by atoms with Crippen molar-refractivity contribution in [2.45, 2.75) is 19.4 Å². The lowest BCUT2D eigenvalue weighted by molar-refractivity contribution is 0.0835. The maximum atomic E-state index is 12.5. The molecule has 0 spiro atoms. The quantitative estimate of drug-likeness (QED) is 0.655. The molecule has 1 aliphatic rings. The van der Waals surface area contributed by atoms with Crippen LogP contribution in [0.15, 0.2) is 40.2 Å². The Morgan fingerprint density at radius 2 is 1.86 bits per heavy atom. The summed E-state index contributed by atoms with van der Waals surface area (Å²) >= 11 is 11.2. The van der Waals surface area contributed by atoms with Gasteiger partial charge in [-0.2, -0.15) is 0 Å². The molecule has 0 amide bonds. The molecule has 0 aliphatic carbocycles. The molecule has 1 aromatic carbocycles. The molecule has 2 aromatic rings. The maximum absolute atomic E-state index is 12.5. The summed E-state index contributed by atoms with van der Waals surface area (Å²) in [4.78, 5) is 16.3. The Balaban J connectivity index is 1.55. The summed E-state index contributed by atoms with van der Waals surface area (Å²) in [6, 6.07) is 11.5. The van der Waals surface area contributed by atoms with Gasteiger partial charge in [-0.25, -0.2) is 0 Å². The molecule has 1 saturated heterocycles. The number of piperidine rings is 1. The number of rotatable bonds is 4. The van der Waals surface area contributed by atoms with Gasteiger partial charge in [0, 0.05) is 27.9 Å². The van der Waals surface area contributed by atoms with Gasteiger partial charge in [-0.15, -0.1) is 11.3 Å². The minimum atomic E-state index is 0.146. The van der Waals surface area contributed by atoms with Crippen LogP contribution in [0.25, 0.3) is 0 Å². The first-order chi connectivity index (χ1) is 10.6. The van der Waals surface area contributed by atoms with Crippen LogP contribution in [0.5, 0.6) is 0 Å². The number of Topliss-reactive ketones (excluding diaryl/α,β-unsaturated/α-hetero) is 1. The molecule has 116 valence electrons. The number of carbonyl (C=O) groups excluding carboxylic acids is 1. The minimum absolute atomic E-state index is 0.146. The Bertz CT molecular complexity index is 647. The average Bonchev–Trinajstić information content (AvgIpc) is 2.93. The topological polar surface area (TPSA) is 20.3 Å². The Morgan fingerprint density at radius 3 is 2.45 bits per heavy atom. The summed E-state index contributed by atoms with van der Waals surface area (Å²) in [6.07, 6.45) is 1.88. The molecule has 0 radical (unpaired) electrons. The minimum Gasteiger partial charge on any atom is -0.298 e. The molecule has 2 nitrogen and oxygen atoms in total. The molecule has 1 aromatic heterocycles. The molecule has 3 rings (SSSR count). The SMILES string of the molecule is O=C(c1ccc(Cl)cc1)C1CCN(Cc2ccc(Br)s2)CC1. The van der Waals surface area contributed by atoms with Crippen molar-refractivity contribution in [2.75, 3.05) is 13.1 Å². The number of halogens is 2. The summed E-state index contributed by atoms with van der Waals surface area (Å²) in [5.41, 5.74) is 0.782. The fourth-order valence-electron chi connectivity index (χ4n) is 2.86. The van der Waals surface area contributed by atoms with Crippen molar-refractivity contribution in [3.05, 3.63) is 55.6 Å². The van der Waals surface area contributed by atoms with E-state index in [1.54, 1.807) is 23.5 Å². The number of hydrogen-bond donors (Lipinski definition) is 0. The number of ketones is 1. The fraction of sp³-hybridized carbons (Fsp3) is 0.353. The lowest BCUT2D eigenvalue weighted by atomic mass is 9.89. The second-order valence-corrected chi connectivity index (χ2v) is 8.61. The van der Waals surface area contributed by atoms with E-state index in [4.69, 9.17) is 11.6 Å². The molecule has 1 fully saturated rings. The standard InChI is InChI=1S/C17H17BrClNOS/c18-16-6-5-15(22-16)11-20-9-7-13(8-10-20)17(21)12-1-3-14(19)4-2-12/h1-6,13H,7-11H2. The van der Waals surface area contributed by atoms with E-state index >= 15 is 0 Å². The van der Waals surface area contributed by atoms with Gasteiger partial charge < -0.3 is 0 Å². The van der Waals surface area contributed by atoms with Crippen LogP contribution in [0.1, 0.15) is 28.1 Å². The predicted octanol–water partition coefficient (Wildman–Crippen LogP) is 5.26. The van der Waals surface area contributed by atoms with E-state index in [0.29, 0.717) is 5.02 Å². The Kier molecular flexibility index (Phi) is 5.34. The van der Waals surface area contributed by atoms with Gasteiger partial charge in [0.05, 0.1) is 3.79 Å². The lowest BCUT2D eigenvalue weighted by Crippen LogP contribution is -2.35. The van der Waals surface area contributed by atoms with E-state index in [-0.39, 0.29) is 11.7 Å². The van der Waals surface area contributed by atoms with E-state index in [2.05, 4.69) is 33.0 Å². The van der Waals surface area contributed by atoms with Crippen LogP contribution >= 0.6 is 38.9 Å². The number of nitrogens with zero attached hydrogens (tertiary/aromatic N) is 1. The first-order valence-corrected chi connectivity index (χ1v) is 9.37. The average molecular weight is 399 g/mol. The third kappa shape index (κ3) is 3.99. The second kappa shape index (κ2) is 7.26. The highest BCUT2D eigenvalue weighted by atomic mass is 79.9. The summed E-state index contributed by atoms with van der Waals surface area (Å²) in [7, 11) is 0. The highest BCUT2D eigenvalue weighted by molar-refractivity contribution is 9.11. The number of hydrogen-bond acceptors (Lipinski definition) is 3. The van der Waals surface area contributed by atoms with Crippen molar-refractivity contribution in [3.63, 3.8) is 0 Å². The highest BCUT2D eigenvalue weighted by Gasteiger charge is 2.25. The smallest absolute Gasteiger partial charge is 0.166 e. The van der Waals surface area contributed by atoms with Gasteiger partial charge in [-0.05, 0) is 78.3 Å². The molecule has 2 heterocycles. The number of benzene rings is 1. The van der Waals surface area contributed by atoms with Gasteiger partial charge in [0.15, 0.2) is 5.78 Å². The number of carbonyl (C=O) groups is 1. The number of thiophene rings is 1. The normalized spacial score (nSPS) is 16.8. The van der Waals surface area contributed by atoms with Crippen LogP contribution < -0.4 is 0 Å². The van der Waals surface area contributed by atoms with E-state index in [1.807, 2.05) is 12.1 Å². The molecule has 0 unspecified atom stereocenters. The zero-order valence-corrected chi connectivity index (χ0v) is 15.3. The fourth-order valence-corrected chi connectivity index (χ4v) is 4.51. The summed E-state index contributed by atoms with van der Waals surface area (Å²) in [6.45, 7) is 2.96. The third-order valence-electron chi connectivity index (χ3n) is 4.10. The first-order valence-electron chi connectivity index (χ1n) is 7.38. The van der Waals surface area contributed by atoms with Crippen LogP contribution in [0.2, 0.25) is 5.02 Å². The molecular weight excluding hydrogens is 382 g/mol. The zero-order valence-electron chi connectivity index (χ0n) is 12.1. The van der Waals surface area contributed by atoms with Crippen molar-refractivity contribution < 1.29 is 4.79 Å². The zero-order chi connectivity index (χ0) is 15.5. The van der Waals surface area contributed by atoms with Gasteiger partial charge in [0.25, 0.3) is 0 Å². The van der Waals surface area contributed by atoms with Crippen LogP contribution in [-0.4, -0.2) is 23.8 Å². The van der Waals surface area contributed by atoms with Gasteiger partial charge in [-0.3, -0.25) is 9.69 Å². The van der Waals surface area contributed by atoms with Crippen LogP contribution in [0.3, 0.4) is 0 Å². The largest absolute Gasteiger partial charge is 0.298 e. The van der Waals surface area contributed by atoms with Crippen molar-refractivity contribution in [1.82, 2.24) is 4.90 Å². The van der Waals surface area contributed by atoms with E-state index in [1.165, 1.54) is 8.66 Å². The number of likely N-dealkylation sites (tertiary alicyclic amines) is 1. The lowest BCUT2D eigenvalue weighted by Gasteiger charge is -2.30. The predicted molar refractivity (Wildman–Crippen MR) is 95.8 cm³/mol. The van der Waals surface area contributed by atoms with Gasteiger partial charge >= 0.3 is 0 Å². The summed E-state index contributed by atoms with van der Waals surface area (Å²) in [5, 5.41) is 0.675. The summed E-state index contributed by atoms with van der Waals surface area (Å²) in [5.74, 6) is 0.405.